The second-order valence-corrected chi connectivity index (χ2v) is 11.3. The Morgan fingerprint density at radius 3 is 2.26 bits per heavy atom. The predicted octanol–water partition coefficient (Wildman–Crippen LogP) is 7.08. The maximum Gasteiger partial charge on any atom is 0.261 e. The van der Waals surface area contributed by atoms with Gasteiger partial charge in [-0.1, -0.05) is 96.0 Å². The third-order valence-corrected chi connectivity index (χ3v) is 6.95. The summed E-state index contributed by atoms with van der Waals surface area (Å²) in [6.07, 6.45) is 0.337. The number of halogens is 2. The van der Waals surface area contributed by atoms with E-state index in [-0.39, 0.29) is 25.0 Å². The molecule has 0 aliphatic carbocycles. The van der Waals surface area contributed by atoms with Gasteiger partial charge >= 0.3 is 0 Å². The van der Waals surface area contributed by atoms with Crippen LogP contribution in [-0.2, 0) is 22.6 Å². The highest BCUT2D eigenvalue weighted by molar-refractivity contribution is 6.42. The molecule has 2 amide bonds. The van der Waals surface area contributed by atoms with Crippen molar-refractivity contribution in [2.24, 2.45) is 0 Å². The molecule has 4 rings (SSSR count). The highest BCUT2D eigenvalue weighted by atomic mass is 35.5. The first-order valence-electron chi connectivity index (χ1n) is 12.8. The summed E-state index contributed by atoms with van der Waals surface area (Å²) in [5.74, 6) is 0.0404. The van der Waals surface area contributed by atoms with Gasteiger partial charge in [0, 0.05) is 23.9 Å². The molecule has 0 saturated heterocycles. The molecule has 0 aliphatic heterocycles. The Morgan fingerprint density at radius 2 is 1.54 bits per heavy atom. The number of nitrogens with zero attached hydrogens (tertiary/aromatic N) is 1. The molecule has 1 N–H and O–H groups in total. The van der Waals surface area contributed by atoms with Crippen molar-refractivity contribution < 1.29 is 14.3 Å². The lowest BCUT2D eigenvalue weighted by molar-refractivity contribution is -0.143. The second-order valence-electron chi connectivity index (χ2n) is 10.5. The van der Waals surface area contributed by atoms with Gasteiger partial charge in [-0.2, -0.15) is 0 Å². The normalized spacial score (nSPS) is 12.1. The lowest BCUT2D eigenvalue weighted by atomic mass is 10.0. The Labute approximate surface area is 239 Å². The molecule has 0 bridgehead atoms. The van der Waals surface area contributed by atoms with Crippen LogP contribution in [-0.4, -0.2) is 34.9 Å². The fraction of sp³-hybridized carbons (Fsp3) is 0.250. The van der Waals surface area contributed by atoms with Crippen LogP contribution < -0.4 is 10.1 Å². The monoisotopic (exact) mass is 562 g/mol. The first-order valence-corrected chi connectivity index (χ1v) is 13.6. The highest BCUT2D eigenvalue weighted by Crippen LogP contribution is 2.27. The zero-order chi connectivity index (χ0) is 28.0. The van der Waals surface area contributed by atoms with Gasteiger partial charge in [0.25, 0.3) is 5.91 Å². The highest BCUT2D eigenvalue weighted by Gasteiger charge is 2.32. The van der Waals surface area contributed by atoms with Gasteiger partial charge in [-0.05, 0) is 55.5 Å². The molecule has 5 nitrogen and oxygen atoms in total. The minimum absolute atomic E-state index is 0.156. The Hall–Kier alpha value is -3.54. The van der Waals surface area contributed by atoms with Crippen molar-refractivity contribution in [2.45, 2.75) is 45.3 Å². The molecule has 0 fully saturated rings. The van der Waals surface area contributed by atoms with Gasteiger partial charge in [0.1, 0.15) is 11.8 Å². The van der Waals surface area contributed by atoms with E-state index >= 15 is 0 Å². The summed E-state index contributed by atoms with van der Waals surface area (Å²) >= 11 is 12.4. The molecular weight excluding hydrogens is 531 g/mol. The molecule has 0 unspecified atom stereocenters. The van der Waals surface area contributed by atoms with Crippen molar-refractivity contribution in [1.29, 1.82) is 0 Å². The van der Waals surface area contributed by atoms with Crippen molar-refractivity contribution in [3.8, 4) is 5.75 Å². The van der Waals surface area contributed by atoms with Crippen LogP contribution in [0.5, 0.6) is 5.75 Å². The molecule has 7 heteroatoms. The minimum Gasteiger partial charge on any atom is -0.483 e. The van der Waals surface area contributed by atoms with Crippen LogP contribution in [0.3, 0.4) is 0 Å². The third kappa shape index (κ3) is 7.75. The fourth-order valence-corrected chi connectivity index (χ4v) is 4.71. The van der Waals surface area contributed by atoms with E-state index in [0.717, 1.165) is 21.9 Å². The zero-order valence-corrected chi connectivity index (χ0v) is 23.8. The number of rotatable bonds is 9. The lowest BCUT2D eigenvalue weighted by Crippen LogP contribution is -2.55. The van der Waals surface area contributed by atoms with Crippen LogP contribution in [0.2, 0.25) is 10.0 Å². The molecule has 0 aromatic heterocycles. The first kappa shape index (κ1) is 28.5. The van der Waals surface area contributed by atoms with Crippen LogP contribution in [0.4, 0.5) is 0 Å². The van der Waals surface area contributed by atoms with Crippen LogP contribution in [0.15, 0.2) is 91.0 Å². The molecule has 1 atom stereocenters. The Bertz CT molecular complexity index is 1450. The first-order chi connectivity index (χ1) is 18.6. The molecule has 202 valence electrons. The number of ether oxygens (including phenoxy) is 1. The molecule has 0 radical (unpaired) electrons. The Morgan fingerprint density at radius 1 is 0.846 bits per heavy atom. The van der Waals surface area contributed by atoms with Crippen LogP contribution >= 0.6 is 23.2 Å². The standard InChI is InChI=1S/C32H32Cl2N2O3/c1-32(2,3)35-31(38)28(19-22-10-5-4-6-11-22)36(20-23-16-17-26(33)27(34)18-23)30(37)21-39-29-15-9-13-24-12-7-8-14-25(24)29/h4-18,28H,19-21H2,1-3H3,(H,35,38)/t28-/m1/s1. The Balaban J connectivity index is 1.68. The molecule has 0 spiro atoms. The van der Waals surface area contributed by atoms with E-state index in [9.17, 15) is 9.59 Å². The summed E-state index contributed by atoms with van der Waals surface area (Å²) in [5.41, 5.74) is 1.21. The van der Waals surface area contributed by atoms with Crippen molar-refractivity contribution in [1.82, 2.24) is 10.2 Å². The van der Waals surface area contributed by atoms with E-state index in [1.807, 2.05) is 93.6 Å². The van der Waals surface area contributed by atoms with Gasteiger partial charge in [-0.3, -0.25) is 9.59 Å². The smallest absolute Gasteiger partial charge is 0.261 e. The summed E-state index contributed by atoms with van der Waals surface area (Å²) in [5, 5.41) is 5.79. The van der Waals surface area contributed by atoms with Crippen molar-refractivity contribution in [2.75, 3.05) is 6.61 Å². The number of carbonyl (C=O) groups is 2. The minimum atomic E-state index is -0.787. The second kappa shape index (κ2) is 12.5. The average molecular weight is 564 g/mol. The van der Waals surface area contributed by atoms with E-state index in [2.05, 4.69) is 5.32 Å². The summed E-state index contributed by atoms with van der Waals surface area (Å²) in [6.45, 7) is 5.67. The van der Waals surface area contributed by atoms with Gasteiger partial charge < -0.3 is 15.0 Å². The number of fused-ring (bicyclic) bond motifs is 1. The van der Waals surface area contributed by atoms with Crippen LogP contribution in [0.25, 0.3) is 10.8 Å². The molecule has 0 saturated carbocycles. The largest absolute Gasteiger partial charge is 0.483 e. The van der Waals surface area contributed by atoms with Crippen molar-refractivity contribution >= 4 is 45.8 Å². The summed E-state index contributed by atoms with van der Waals surface area (Å²) in [6, 6.07) is 27.7. The quantitative estimate of drug-likeness (QED) is 0.237. The van der Waals surface area contributed by atoms with Crippen LogP contribution in [0, 0.1) is 0 Å². The van der Waals surface area contributed by atoms with E-state index in [4.69, 9.17) is 27.9 Å². The van der Waals surface area contributed by atoms with Gasteiger partial charge in [0.05, 0.1) is 10.0 Å². The topological polar surface area (TPSA) is 58.6 Å². The third-order valence-electron chi connectivity index (χ3n) is 6.21. The number of hydrogen-bond donors (Lipinski definition) is 1. The fourth-order valence-electron chi connectivity index (χ4n) is 4.39. The maximum absolute atomic E-state index is 13.9. The van der Waals surface area contributed by atoms with Crippen molar-refractivity contribution in [3.05, 3.63) is 112 Å². The SMILES string of the molecule is CC(C)(C)NC(=O)[C@@H](Cc1ccccc1)N(Cc1ccc(Cl)c(Cl)c1)C(=O)COc1cccc2ccccc12. The van der Waals surface area contributed by atoms with Gasteiger partial charge in [-0.15, -0.1) is 0 Å². The summed E-state index contributed by atoms with van der Waals surface area (Å²) in [7, 11) is 0. The van der Waals surface area contributed by atoms with E-state index in [0.29, 0.717) is 22.2 Å². The molecule has 4 aromatic carbocycles. The predicted molar refractivity (Wildman–Crippen MR) is 158 cm³/mol. The Kier molecular flexibility index (Phi) is 9.16. The van der Waals surface area contributed by atoms with Crippen molar-refractivity contribution in [3.63, 3.8) is 0 Å². The molecule has 4 aromatic rings. The lowest BCUT2D eigenvalue weighted by Gasteiger charge is -2.34. The van der Waals surface area contributed by atoms with E-state index in [1.54, 1.807) is 23.1 Å². The molecule has 0 aliphatic rings. The van der Waals surface area contributed by atoms with Gasteiger partial charge in [-0.25, -0.2) is 0 Å². The maximum atomic E-state index is 13.9. The zero-order valence-electron chi connectivity index (χ0n) is 22.3. The summed E-state index contributed by atoms with van der Waals surface area (Å²) < 4.78 is 6.05. The van der Waals surface area contributed by atoms with E-state index in [1.165, 1.54) is 0 Å². The number of benzene rings is 4. The summed E-state index contributed by atoms with van der Waals surface area (Å²) in [4.78, 5) is 29.1. The number of nitrogens with one attached hydrogen (secondary N) is 1. The molecule has 0 heterocycles. The average Bonchev–Trinajstić information content (AvgIpc) is 2.90. The van der Waals surface area contributed by atoms with Gasteiger partial charge in [0.2, 0.25) is 5.91 Å². The molecule has 39 heavy (non-hydrogen) atoms. The number of carbonyl (C=O) groups excluding carboxylic acids is 2. The van der Waals surface area contributed by atoms with E-state index < -0.39 is 11.6 Å². The van der Waals surface area contributed by atoms with Crippen LogP contribution in [0.1, 0.15) is 31.9 Å². The number of amides is 2. The molecular formula is C32H32Cl2N2O3. The number of hydrogen-bond acceptors (Lipinski definition) is 3. The van der Waals surface area contributed by atoms with Gasteiger partial charge in [0.15, 0.2) is 6.61 Å².